The molecule has 1 spiro atoms. The number of aliphatic hydroxyl groups excluding tert-OH is 1. The topological polar surface area (TPSA) is 154 Å². The van der Waals surface area contributed by atoms with Crippen molar-refractivity contribution in [1.82, 2.24) is 14.8 Å². The quantitative estimate of drug-likeness (QED) is 0.156. The number of piperidine rings is 1. The van der Waals surface area contributed by atoms with E-state index in [1.54, 1.807) is 6.92 Å². The third-order valence-electron chi connectivity index (χ3n) is 16.2. The van der Waals surface area contributed by atoms with E-state index in [-0.39, 0.29) is 31.3 Å². The van der Waals surface area contributed by atoms with Crippen LogP contribution in [-0.4, -0.2) is 134 Å². The summed E-state index contributed by atoms with van der Waals surface area (Å²) in [7, 11) is 5.89. The summed E-state index contributed by atoms with van der Waals surface area (Å²) in [6.45, 7) is 8.26. The van der Waals surface area contributed by atoms with Crippen LogP contribution in [-0.2, 0) is 45.8 Å². The third kappa shape index (κ3) is 5.93. The van der Waals surface area contributed by atoms with Gasteiger partial charge < -0.3 is 43.9 Å². The molecule has 1 aliphatic carbocycles. The number of esters is 3. The number of likely N-dealkylation sites (N-methyl/N-ethyl adjacent to an activating group) is 1. The molecular formula is C48H60F2N4O9. The van der Waals surface area contributed by atoms with Gasteiger partial charge in [0.25, 0.3) is 0 Å². The maximum atomic E-state index is 15.4. The van der Waals surface area contributed by atoms with Crippen LogP contribution in [0.2, 0.25) is 0 Å². The molecule has 0 radical (unpaired) electrons. The fourth-order valence-electron chi connectivity index (χ4n) is 13.8. The number of benzene rings is 2. The molecule has 3 fully saturated rings. The van der Waals surface area contributed by atoms with Gasteiger partial charge in [-0.1, -0.05) is 25.1 Å². The lowest BCUT2D eigenvalue weighted by Gasteiger charge is -2.63. The van der Waals surface area contributed by atoms with E-state index in [9.17, 15) is 19.8 Å². The van der Waals surface area contributed by atoms with Crippen molar-refractivity contribution in [3.63, 3.8) is 0 Å². The fraction of sp³-hybridized carbons (Fsp3) is 0.604. The zero-order valence-corrected chi connectivity index (χ0v) is 37.4. The third-order valence-corrected chi connectivity index (χ3v) is 16.2. The van der Waals surface area contributed by atoms with Crippen LogP contribution >= 0.6 is 0 Å². The average Bonchev–Trinajstić information content (AvgIpc) is 3.92. The first kappa shape index (κ1) is 43.7. The molecule has 3 N–H and O–H groups in total. The Labute approximate surface area is 366 Å². The van der Waals surface area contributed by atoms with Crippen molar-refractivity contribution in [1.29, 1.82) is 0 Å². The Hall–Kier alpha value is -4.57. The van der Waals surface area contributed by atoms with Crippen LogP contribution < -0.4 is 9.64 Å². The van der Waals surface area contributed by atoms with Crippen molar-refractivity contribution in [3.05, 3.63) is 70.4 Å². The van der Waals surface area contributed by atoms with Gasteiger partial charge in [-0.15, -0.1) is 0 Å². The Morgan fingerprint density at radius 3 is 2.43 bits per heavy atom. The molecule has 63 heavy (non-hydrogen) atoms. The van der Waals surface area contributed by atoms with Gasteiger partial charge in [-0.05, 0) is 93.3 Å². The van der Waals surface area contributed by atoms with E-state index >= 15 is 13.6 Å². The average molecular weight is 875 g/mol. The number of carbonyl (C=O) groups excluding carboxylic acids is 3. The first-order chi connectivity index (χ1) is 29.9. The number of aromatic amines is 1. The van der Waals surface area contributed by atoms with E-state index < -0.39 is 69.8 Å². The summed E-state index contributed by atoms with van der Waals surface area (Å²) < 4.78 is 54.7. The number of nitrogens with one attached hydrogen (secondary N) is 1. The molecule has 11 atom stereocenters. The van der Waals surface area contributed by atoms with Crippen LogP contribution in [0, 0.1) is 17.3 Å². The minimum Gasteiger partial charge on any atom is -0.496 e. The van der Waals surface area contributed by atoms with Crippen LogP contribution in [0.3, 0.4) is 0 Å². The van der Waals surface area contributed by atoms with Crippen LogP contribution in [0.15, 0.2) is 42.5 Å². The number of aromatic nitrogens is 1. The van der Waals surface area contributed by atoms with Gasteiger partial charge in [0.05, 0.1) is 33.5 Å². The molecule has 0 amide bonds. The number of alkyl halides is 2. The van der Waals surface area contributed by atoms with Gasteiger partial charge in [-0.3, -0.25) is 14.5 Å². The number of fused-ring (bicyclic) bond motifs is 6. The minimum atomic E-state index is -2.97. The van der Waals surface area contributed by atoms with Crippen molar-refractivity contribution in [3.8, 4) is 5.75 Å². The molecule has 2 aromatic carbocycles. The minimum absolute atomic E-state index is 0.102. The standard InChI is InChI=1S/C48H60F2N4O9/c1-9-45-14-10-16-54-18-15-46(39(45)54)33-21-34(37(60-6)22-36(33)52(5)40(46)48(59,43(58)62-8)41(45)63-27(3)56)47(42(57)61-7)23-28-19-30(44(4,49)50)25-53(24-28)17-13-31-32-20-29(26(2)55)11-12-35(32)51-38(31)47/h10-12,14,20-22,26,28,30,39-41,51,55,59H,9,13,15-19,23-25H2,1-8H3/t26?,28?,30?,39?,40?,41-,45-,46?,47-,48+/m0/s1. The first-order valence-corrected chi connectivity index (χ1v) is 22.2. The smallest absolute Gasteiger partial charge is 0.344 e. The Balaban J connectivity index is 1.36. The second-order valence-corrected chi connectivity index (χ2v) is 19.3. The van der Waals surface area contributed by atoms with Crippen LogP contribution in [0.1, 0.15) is 87.4 Å². The zero-order chi connectivity index (χ0) is 45.2. The summed E-state index contributed by atoms with van der Waals surface area (Å²) >= 11 is 0. The highest BCUT2D eigenvalue weighted by Gasteiger charge is 2.80. The lowest BCUT2D eigenvalue weighted by molar-refractivity contribution is -0.228. The summed E-state index contributed by atoms with van der Waals surface area (Å²) in [6, 6.07) is 8.13. The highest BCUT2D eigenvalue weighted by Crippen LogP contribution is 2.68. The zero-order valence-electron chi connectivity index (χ0n) is 37.4. The number of anilines is 1. The van der Waals surface area contributed by atoms with Crippen molar-refractivity contribution in [2.24, 2.45) is 17.3 Å². The maximum absolute atomic E-state index is 15.4. The predicted molar refractivity (Wildman–Crippen MR) is 230 cm³/mol. The van der Waals surface area contributed by atoms with E-state index in [0.717, 1.165) is 29.0 Å². The number of ether oxygens (including phenoxy) is 4. The maximum Gasteiger partial charge on any atom is 0.344 e. The Morgan fingerprint density at radius 1 is 1.03 bits per heavy atom. The number of H-pyrrole nitrogens is 1. The van der Waals surface area contributed by atoms with Gasteiger partial charge in [0.15, 0.2) is 6.10 Å². The molecule has 340 valence electrons. The largest absolute Gasteiger partial charge is 0.496 e. The molecule has 1 aromatic heterocycles. The fourth-order valence-corrected chi connectivity index (χ4v) is 13.8. The van der Waals surface area contributed by atoms with Crippen LogP contribution in [0.25, 0.3) is 10.9 Å². The second kappa shape index (κ2) is 15.0. The second-order valence-electron chi connectivity index (χ2n) is 19.3. The summed E-state index contributed by atoms with van der Waals surface area (Å²) in [5.74, 6) is -6.14. The summed E-state index contributed by atoms with van der Waals surface area (Å²) in [6.07, 6.45) is 3.51. The molecule has 9 rings (SSSR count). The molecule has 3 aromatic rings. The van der Waals surface area contributed by atoms with Crippen molar-refractivity contribution in [2.45, 2.75) is 106 Å². The highest BCUT2D eigenvalue weighted by atomic mass is 19.3. The number of hydrogen-bond donors (Lipinski definition) is 3. The summed E-state index contributed by atoms with van der Waals surface area (Å²) in [5, 5.41) is 24.9. The number of methoxy groups -OCH3 is 3. The van der Waals surface area contributed by atoms with Gasteiger partial charge in [0.2, 0.25) is 11.5 Å². The van der Waals surface area contributed by atoms with E-state index in [4.69, 9.17) is 18.9 Å². The Morgan fingerprint density at radius 2 is 1.78 bits per heavy atom. The van der Waals surface area contributed by atoms with E-state index in [1.807, 2.05) is 61.4 Å². The van der Waals surface area contributed by atoms with E-state index in [1.165, 1.54) is 28.3 Å². The summed E-state index contributed by atoms with van der Waals surface area (Å²) in [5.41, 5.74) is -1.36. The first-order valence-electron chi connectivity index (χ1n) is 22.2. The monoisotopic (exact) mass is 874 g/mol. The molecular weight excluding hydrogens is 815 g/mol. The van der Waals surface area contributed by atoms with Gasteiger partial charge in [0, 0.05) is 96.9 Å². The summed E-state index contributed by atoms with van der Waals surface area (Å²) in [4.78, 5) is 52.9. The molecule has 13 nitrogen and oxygen atoms in total. The number of carbonyl (C=O) groups is 3. The number of aliphatic hydroxyl groups is 2. The predicted octanol–water partition coefficient (Wildman–Crippen LogP) is 5.17. The van der Waals surface area contributed by atoms with Crippen molar-refractivity contribution in [2.75, 3.05) is 66.0 Å². The Bertz CT molecular complexity index is 2400. The van der Waals surface area contributed by atoms with Gasteiger partial charge in [0.1, 0.15) is 11.2 Å². The molecule has 7 unspecified atom stereocenters. The van der Waals surface area contributed by atoms with E-state index in [0.29, 0.717) is 73.7 Å². The molecule has 6 aliphatic rings. The lowest BCUT2D eigenvalue weighted by Crippen LogP contribution is -2.81. The molecule has 2 saturated heterocycles. The normalized spacial score (nSPS) is 35.0. The van der Waals surface area contributed by atoms with Crippen molar-refractivity contribution < 1.29 is 52.3 Å². The highest BCUT2D eigenvalue weighted by molar-refractivity contribution is 5.95. The van der Waals surface area contributed by atoms with Crippen molar-refractivity contribution >= 4 is 34.5 Å². The van der Waals surface area contributed by atoms with Gasteiger partial charge in [-0.25, -0.2) is 13.6 Å². The van der Waals surface area contributed by atoms with Crippen LogP contribution in [0.4, 0.5) is 14.5 Å². The number of nitrogens with zero attached hydrogens (tertiary/aromatic N) is 3. The lowest BCUT2D eigenvalue weighted by atomic mass is 9.47. The number of halogens is 2. The molecule has 1 saturated carbocycles. The van der Waals surface area contributed by atoms with Gasteiger partial charge >= 0.3 is 17.9 Å². The molecule has 2 bridgehead atoms. The SMILES string of the molecule is CC[C@@]12C=CCN3CCC4(c5cc([C@@]6(C(=O)OC)CC7CC(C(C)(F)F)CN(CCc8c6[nH]c6ccc(C(C)O)cc86)C7)c(OC)cc5N(C)C4[C@](O)(C(=O)OC)[C@H]1OC(C)=O)C32. The molecule has 5 aliphatic heterocycles. The molecule has 15 heteroatoms. The molecule has 6 heterocycles. The van der Waals surface area contributed by atoms with Gasteiger partial charge in [-0.2, -0.15) is 0 Å². The number of hydrogen-bond acceptors (Lipinski definition) is 12. The van der Waals surface area contributed by atoms with E-state index in [2.05, 4.69) is 14.8 Å². The van der Waals surface area contributed by atoms with Crippen LogP contribution in [0.5, 0.6) is 5.75 Å². The Kier molecular flexibility index (Phi) is 10.4. The number of rotatable bonds is 8.